The third kappa shape index (κ3) is 19.1. The zero-order valence-electron chi connectivity index (χ0n) is 38.6. The highest BCUT2D eigenvalue weighted by molar-refractivity contribution is 7.87. The van der Waals surface area contributed by atoms with Gasteiger partial charge in [0.25, 0.3) is 10.1 Å². The molecule has 5 rings (SSSR count). The first-order valence-electron chi connectivity index (χ1n) is 21.3. The van der Waals surface area contributed by atoms with E-state index in [0.717, 1.165) is 63.0 Å². The van der Waals surface area contributed by atoms with Crippen LogP contribution in [0.2, 0.25) is 15.1 Å². The molecule has 68 heavy (non-hydrogen) atoms. The van der Waals surface area contributed by atoms with E-state index in [-0.39, 0.29) is 48.1 Å². The summed E-state index contributed by atoms with van der Waals surface area (Å²) in [6.07, 6.45) is -6.97. The lowest BCUT2D eigenvalue weighted by molar-refractivity contribution is -0.0974. The number of oxime groups is 2. The molecule has 6 atom stereocenters. The summed E-state index contributed by atoms with van der Waals surface area (Å²) in [5.74, 6) is 0. The van der Waals surface area contributed by atoms with Crippen LogP contribution in [0.5, 0.6) is 0 Å². The van der Waals surface area contributed by atoms with E-state index >= 15 is 4.39 Å². The zero-order chi connectivity index (χ0) is 49.6. The molecule has 5 aromatic carbocycles. The highest BCUT2D eigenvalue weighted by Gasteiger charge is 2.37. The number of ether oxygens (including phenoxy) is 4. The van der Waals surface area contributed by atoms with E-state index in [2.05, 4.69) is 20.0 Å². The summed E-state index contributed by atoms with van der Waals surface area (Å²) in [6, 6.07) is 32.8. The monoisotopic (exact) mass is 1020 g/mol. The van der Waals surface area contributed by atoms with E-state index in [1.165, 1.54) is 20.3 Å². The molecule has 18 heteroatoms. The zero-order valence-corrected chi connectivity index (χ0v) is 41.7. The van der Waals surface area contributed by atoms with E-state index < -0.39 is 51.8 Å². The first-order chi connectivity index (χ1) is 32.5. The highest BCUT2D eigenvalue weighted by atomic mass is 35.5. The van der Waals surface area contributed by atoms with E-state index in [1.807, 2.05) is 125 Å². The van der Waals surface area contributed by atoms with Gasteiger partial charge in [-0.1, -0.05) is 164 Å². The van der Waals surface area contributed by atoms with Gasteiger partial charge in [0.2, 0.25) is 0 Å². The standard InChI is InChI=1S/C28H29Cl3FNO6S.C22H28FNO4/c1-18-4-8-20(9-5-18)15-37-17-26(39-40(34,35)27-13-23(30)22(29)12-24(27)31)28(25(32)14-33-36-3)38-16-21-10-6-19(2)7-11-21;1-16-4-8-18(9-5-16)13-27-15-21(25)22(20(23)12-24-26-3)28-14-19-10-6-17(2)7-11-19/h4-14,25-26,28H,15-17H2,1-3H3;4-12,20-22,25H,13-15H2,1-3H3/t25-,26-,28+;20-,21-,22+/m11/s1. The van der Waals surface area contributed by atoms with Crippen LogP contribution in [0.1, 0.15) is 44.5 Å². The van der Waals surface area contributed by atoms with Crippen LogP contribution in [0.15, 0.2) is 124 Å². The van der Waals surface area contributed by atoms with Crippen molar-refractivity contribution in [2.24, 2.45) is 10.3 Å². The van der Waals surface area contributed by atoms with Crippen molar-refractivity contribution in [1.29, 1.82) is 0 Å². The number of nitrogens with zero attached hydrogens (tertiary/aromatic N) is 2. The molecule has 0 unspecified atom stereocenters. The van der Waals surface area contributed by atoms with Gasteiger partial charge in [0.05, 0.1) is 67.1 Å². The minimum absolute atomic E-state index is 0.0441. The molecule has 1 N–H and O–H groups in total. The Bertz CT molecular complexity index is 2440. The molecule has 0 aliphatic rings. The summed E-state index contributed by atoms with van der Waals surface area (Å²) < 4.78 is 85.1. The molecular formula is C50H57Cl3F2N2O10S. The van der Waals surface area contributed by atoms with Gasteiger partial charge in [-0.25, -0.2) is 8.78 Å². The molecule has 0 aromatic heterocycles. The van der Waals surface area contributed by atoms with Gasteiger partial charge in [-0.3, -0.25) is 4.18 Å². The minimum atomic E-state index is -4.60. The van der Waals surface area contributed by atoms with Gasteiger partial charge < -0.3 is 33.7 Å². The Morgan fingerprint density at radius 2 is 0.926 bits per heavy atom. The summed E-state index contributed by atoms with van der Waals surface area (Å²) in [5.41, 5.74) is 7.82. The summed E-state index contributed by atoms with van der Waals surface area (Å²) in [7, 11) is -2.02. The van der Waals surface area contributed by atoms with Gasteiger partial charge in [0.1, 0.15) is 43.5 Å². The lowest BCUT2D eigenvalue weighted by Gasteiger charge is -2.28. The molecule has 0 amide bonds. The lowest BCUT2D eigenvalue weighted by atomic mass is 10.1. The Kier molecular flexibility index (Phi) is 23.8. The quantitative estimate of drug-likeness (QED) is 0.0260. The van der Waals surface area contributed by atoms with Crippen molar-refractivity contribution in [2.75, 3.05) is 27.4 Å². The van der Waals surface area contributed by atoms with Crippen LogP contribution >= 0.6 is 34.8 Å². The van der Waals surface area contributed by atoms with Gasteiger partial charge >= 0.3 is 0 Å². The van der Waals surface area contributed by atoms with E-state index in [4.69, 9.17) is 57.9 Å². The van der Waals surface area contributed by atoms with Crippen molar-refractivity contribution < 1.29 is 55.1 Å². The van der Waals surface area contributed by atoms with Gasteiger partial charge in [-0.05, 0) is 62.1 Å². The maximum Gasteiger partial charge on any atom is 0.298 e. The van der Waals surface area contributed by atoms with Gasteiger partial charge in [-0.15, -0.1) is 0 Å². The number of aliphatic hydroxyl groups excluding tert-OH is 1. The molecule has 0 fully saturated rings. The van der Waals surface area contributed by atoms with Gasteiger partial charge in [0, 0.05) is 0 Å². The number of hydrogen-bond donors (Lipinski definition) is 1. The second-order valence-electron chi connectivity index (χ2n) is 15.6. The Morgan fingerprint density at radius 3 is 1.35 bits per heavy atom. The maximum atomic E-state index is 15.5. The second kappa shape index (κ2) is 28.8. The summed E-state index contributed by atoms with van der Waals surface area (Å²) >= 11 is 18.2. The lowest BCUT2D eigenvalue weighted by Crippen LogP contribution is -2.44. The predicted molar refractivity (Wildman–Crippen MR) is 262 cm³/mol. The number of aliphatic hydroxyl groups is 1. The Hall–Kier alpha value is -4.52. The average molecular weight is 1020 g/mol. The Morgan fingerprint density at radius 1 is 0.559 bits per heavy atom. The van der Waals surface area contributed by atoms with Crippen molar-refractivity contribution in [1.82, 2.24) is 0 Å². The molecule has 0 aliphatic heterocycles. The van der Waals surface area contributed by atoms with E-state index in [1.54, 1.807) is 0 Å². The topological polar surface area (TPSA) is 144 Å². The smallest absolute Gasteiger partial charge is 0.298 e. The molecule has 0 heterocycles. The van der Waals surface area contributed by atoms with Crippen LogP contribution in [0.25, 0.3) is 0 Å². The van der Waals surface area contributed by atoms with Crippen LogP contribution in [-0.2, 0) is 69.4 Å². The van der Waals surface area contributed by atoms with Gasteiger partial charge in [-0.2, -0.15) is 8.42 Å². The fourth-order valence-corrected chi connectivity index (χ4v) is 8.17. The van der Waals surface area contributed by atoms with Crippen molar-refractivity contribution >= 4 is 57.4 Å². The molecule has 0 saturated carbocycles. The van der Waals surface area contributed by atoms with Crippen LogP contribution in [0.3, 0.4) is 0 Å². The average Bonchev–Trinajstić information content (AvgIpc) is 3.31. The van der Waals surface area contributed by atoms with Crippen molar-refractivity contribution in [2.45, 2.75) is 95.8 Å². The van der Waals surface area contributed by atoms with Crippen molar-refractivity contribution in [3.8, 4) is 0 Å². The molecule has 5 aromatic rings. The SMILES string of the molecule is CON=C[C@@H](F)[C@H](OCc1ccc(C)cc1)[C@@H](COCc1ccc(C)cc1)OS(=O)(=O)c1cc(Cl)c(Cl)cc1Cl.CON=C[C@@H](F)[C@H](OCc1ccc(C)cc1)[C@H](O)COCc1ccc(C)cc1. The Labute approximate surface area is 412 Å². The fourth-order valence-electron chi connectivity index (χ4n) is 6.12. The minimum Gasteiger partial charge on any atom is -0.399 e. The van der Waals surface area contributed by atoms with Crippen LogP contribution in [-0.4, -0.2) is 90.1 Å². The number of benzene rings is 5. The molecule has 0 saturated heterocycles. The molecule has 0 bridgehead atoms. The molecular weight excluding hydrogens is 965 g/mol. The summed E-state index contributed by atoms with van der Waals surface area (Å²) in [5, 5.41) is 17.2. The van der Waals surface area contributed by atoms with E-state index in [9.17, 15) is 17.9 Å². The molecule has 0 radical (unpaired) electrons. The number of aryl methyl sites for hydroxylation is 4. The van der Waals surface area contributed by atoms with Crippen LogP contribution in [0.4, 0.5) is 8.78 Å². The van der Waals surface area contributed by atoms with Crippen LogP contribution < -0.4 is 0 Å². The third-order valence-electron chi connectivity index (χ3n) is 9.96. The number of halogens is 5. The highest BCUT2D eigenvalue weighted by Crippen LogP contribution is 2.33. The summed E-state index contributed by atoms with van der Waals surface area (Å²) in [6.45, 7) is 8.02. The molecule has 12 nitrogen and oxygen atoms in total. The normalized spacial score (nSPS) is 14.5. The second-order valence-corrected chi connectivity index (χ2v) is 18.4. The first-order valence-corrected chi connectivity index (χ1v) is 23.8. The largest absolute Gasteiger partial charge is 0.399 e. The molecule has 0 aliphatic carbocycles. The van der Waals surface area contributed by atoms with Crippen LogP contribution in [0, 0.1) is 27.7 Å². The van der Waals surface area contributed by atoms with E-state index in [0.29, 0.717) is 6.61 Å². The third-order valence-corrected chi connectivity index (χ3v) is 12.5. The predicted octanol–water partition coefficient (Wildman–Crippen LogP) is 10.8. The number of rotatable bonds is 25. The molecule has 368 valence electrons. The summed E-state index contributed by atoms with van der Waals surface area (Å²) in [4.78, 5) is 8.70. The maximum absolute atomic E-state index is 15.5. The van der Waals surface area contributed by atoms with Crippen molar-refractivity contribution in [3.63, 3.8) is 0 Å². The number of alkyl halides is 2. The van der Waals surface area contributed by atoms with Gasteiger partial charge in [0.15, 0.2) is 12.3 Å². The Balaban J connectivity index is 0.000000316. The first kappa shape index (κ1) is 56.1. The molecule has 0 spiro atoms. The van der Waals surface area contributed by atoms with Crippen molar-refractivity contribution in [3.05, 3.63) is 169 Å². The fraction of sp³-hybridized carbons (Fsp3) is 0.360. The number of hydrogen-bond acceptors (Lipinski definition) is 12.